The molecule has 1 aliphatic carbocycles. The first-order valence-electron chi connectivity index (χ1n) is 7.67. The molecular weight excluding hydrogens is 250 g/mol. The average molecular weight is 275 g/mol. The van der Waals surface area contributed by atoms with Gasteiger partial charge in [-0.15, -0.1) is 0 Å². The Bertz CT molecular complexity index is 442. The predicted octanol–water partition coefficient (Wildman–Crippen LogP) is 2.99. The third-order valence-corrected chi connectivity index (χ3v) is 4.56. The Labute approximate surface area is 121 Å². The molecule has 0 spiro atoms. The fraction of sp³-hybridized carbons (Fsp3) is 0.588. The van der Waals surface area contributed by atoms with Gasteiger partial charge < -0.3 is 4.74 Å². The van der Waals surface area contributed by atoms with E-state index in [2.05, 4.69) is 30.9 Å². The van der Waals surface area contributed by atoms with Gasteiger partial charge in [-0.3, -0.25) is 9.69 Å². The molecule has 1 fully saturated rings. The van der Waals surface area contributed by atoms with Crippen molar-refractivity contribution in [3.8, 4) is 0 Å². The van der Waals surface area contributed by atoms with Crippen molar-refractivity contribution in [2.24, 2.45) is 0 Å². The molecule has 20 heavy (non-hydrogen) atoms. The molecule has 1 aromatic carbocycles. The van der Waals surface area contributed by atoms with Gasteiger partial charge in [0.05, 0.1) is 6.61 Å². The summed E-state index contributed by atoms with van der Waals surface area (Å²) in [6.07, 6.45) is 1.95. The maximum absolute atomic E-state index is 12.6. The molecular formula is C17H25NO2. The number of nitrogens with zero attached hydrogens (tertiary/aromatic N) is 1. The normalized spacial score (nSPS) is 25.3. The summed E-state index contributed by atoms with van der Waals surface area (Å²) in [6, 6.07) is 10.4. The third kappa shape index (κ3) is 2.35. The zero-order valence-corrected chi connectivity index (χ0v) is 12.8. The number of carbonyl (C=O) groups is 1. The van der Waals surface area contributed by atoms with Crippen LogP contribution in [0.15, 0.2) is 30.3 Å². The van der Waals surface area contributed by atoms with Crippen LogP contribution in [0.2, 0.25) is 0 Å². The first kappa shape index (κ1) is 15.0. The highest BCUT2D eigenvalue weighted by atomic mass is 16.5. The summed E-state index contributed by atoms with van der Waals surface area (Å²) in [7, 11) is 0. The van der Waals surface area contributed by atoms with Gasteiger partial charge in [-0.05, 0) is 38.4 Å². The minimum absolute atomic E-state index is 0.0608. The van der Waals surface area contributed by atoms with Gasteiger partial charge in [0.25, 0.3) is 0 Å². The summed E-state index contributed by atoms with van der Waals surface area (Å²) >= 11 is 0. The second-order valence-corrected chi connectivity index (χ2v) is 5.33. The molecule has 110 valence electrons. The quantitative estimate of drug-likeness (QED) is 0.748. The number of rotatable bonds is 6. The molecule has 0 amide bonds. The lowest BCUT2D eigenvalue weighted by Crippen LogP contribution is -2.62. The van der Waals surface area contributed by atoms with Gasteiger partial charge in [-0.1, -0.05) is 44.2 Å². The van der Waals surface area contributed by atoms with Crippen LogP contribution in [0.5, 0.6) is 0 Å². The van der Waals surface area contributed by atoms with Crippen LogP contribution in [-0.4, -0.2) is 36.6 Å². The molecule has 3 nitrogen and oxygen atoms in total. The molecule has 0 aromatic heterocycles. The Morgan fingerprint density at radius 3 is 2.35 bits per heavy atom. The van der Waals surface area contributed by atoms with Gasteiger partial charge >= 0.3 is 5.97 Å². The number of carbonyl (C=O) groups excluding carboxylic acids is 1. The van der Waals surface area contributed by atoms with E-state index in [1.807, 2.05) is 25.1 Å². The lowest BCUT2D eigenvalue weighted by Gasteiger charge is -2.52. The SMILES string of the molecule is CCOC(=O)C1(c2ccccc2)CCC1N(CC)CC. The van der Waals surface area contributed by atoms with Crippen molar-refractivity contribution < 1.29 is 9.53 Å². The molecule has 0 heterocycles. The summed E-state index contributed by atoms with van der Waals surface area (Å²) in [6.45, 7) is 8.57. The van der Waals surface area contributed by atoms with Crippen LogP contribution in [0.1, 0.15) is 39.2 Å². The van der Waals surface area contributed by atoms with Crippen LogP contribution in [0.4, 0.5) is 0 Å². The van der Waals surface area contributed by atoms with Gasteiger partial charge in [0.15, 0.2) is 0 Å². The highest BCUT2D eigenvalue weighted by Gasteiger charge is 2.56. The van der Waals surface area contributed by atoms with Gasteiger partial charge in [0.1, 0.15) is 5.41 Å². The molecule has 1 aromatic rings. The molecule has 0 bridgehead atoms. The predicted molar refractivity (Wildman–Crippen MR) is 80.7 cm³/mol. The number of hydrogen-bond acceptors (Lipinski definition) is 3. The van der Waals surface area contributed by atoms with E-state index in [0.29, 0.717) is 6.61 Å². The third-order valence-electron chi connectivity index (χ3n) is 4.56. The minimum Gasteiger partial charge on any atom is -0.465 e. The van der Waals surface area contributed by atoms with Crippen molar-refractivity contribution in [3.63, 3.8) is 0 Å². The minimum atomic E-state index is -0.469. The second-order valence-electron chi connectivity index (χ2n) is 5.33. The maximum atomic E-state index is 12.6. The van der Waals surface area contributed by atoms with Gasteiger partial charge in [-0.25, -0.2) is 0 Å². The van der Waals surface area contributed by atoms with Crippen molar-refractivity contribution in [3.05, 3.63) is 35.9 Å². The fourth-order valence-electron chi connectivity index (χ4n) is 3.41. The Kier molecular flexibility index (Phi) is 4.81. The molecule has 0 aliphatic heterocycles. The van der Waals surface area contributed by atoms with E-state index < -0.39 is 5.41 Å². The number of ether oxygens (including phenoxy) is 1. The monoisotopic (exact) mass is 275 g/mol. The number of esters is 1. The first-order chi connectivity index (χ1) is 9.70. The molecule has 3 heteroatoms. The van der Waals surface area contributed by atoms with Crippen molar-refractivity contribution in [1.29, 1.82) is 0 Å². The van der Waals surface area contributed by atoms with Crippen LogP contribution >= 0.6 is 0 Å². The van der Waals surface area contributed by atoms with Crippen LogP contribution in [-0.2, 0) is 14.9 Å². The average Bonchev–Trinajstić information content (AvgIpc) is 2.45. The standard InChI is InChI=1S/C17H25NO2/c1-4-18(5-2)15-12-13-17(15,16(19)20-6-3)14-10-8-7-9-11-14/h7-11,15H,4-6,12-13H2,1-3H3. The van der Waals surface area contributed by atoms with E-state index in [4.69, 9.17) is 4.74 Å². The Morgan fingerprint density at radius 1 is 1.25 bits per heavy atom. The molecule has 1 saturated carbocycles. The zero-order valence-electron chi connectivity index (χ0n) is 12.8. The summed E-state index contributed by atoms with van der Waals surface area (Å²) in [5.41, 5.74) is 0.630. The zero-order chi connectivity index (χ0) is 14.6. The van der Waals surface area contributed by atoms with E-state index >= 15 is 0 Å². The van der Waals surface area contributed by atoms with E-state index in [-0.39, 0.29) is 12.0 Å². The lowest BCUT2D eigenvalue weighted by molar-refractivity contribution is -0.159. The van der Waals surface area contributed by atoms with Crippen molar-refractivity contribution in [1.82, 2.24) is 4.90 Å². The van der Waals surface area contributed by atoms with Crippen LogP contribution in [0.25, 0.3) is 0 Å². The molecule has 2 rings (SSSR count). The van der Waals surface area contributed by atoms with Gasteiger partial charge in [-0.2, -0.15) is 0 Å². The summed E-state index contributed by atoms with van der Waals surface area (Å²) in [4.78, 5) is 15.0. The van der Waals surface area contributed by atoms with Crippen molar-refractivity contribution in [2.45, 2.75) is 45.1 Å². The molecule has 0 radical (unpaired) electrons. The highest BCUT2D eigenvalue weighted by Crippen LogP contribution is 2.47. The summed E-state index contributed by atoms with van der Waals surface area (Å²) in [5.74, 6) is -0.0608. The van der Waals surface area contributed by atoms with E-state index in [0.717, 1.165) is 31.5 Å². The topological polar surface area (TPSA) is 29.5 Å². The highest BCUT2D eigenvalue weighted by molar-refractivity contribution is 5.85. The van der Waals surface area contributed by atoms with Crippen molar-refractivity contribution >= 4 is 5.97 Å². The lowest BCUT2D eigenvalue weighted by atomic mass is 9.59. The molecule has 1 aliphatic rings. The summed E-state index contributed by atoms with van der Waals surface area (Å²) in [5, 5.41) is 0. The molecule has 2 unspecified atom stereocenters. The number of hydrogen-bond donors (Lipinski definition) is 0. The van der Waals surface area contributed by atoms with Gasteiger partial charge in [0, 0.05) is 6.04 Å². The Balaban J connectivity index is 2.38. The molecule has 0 N–H and O–H groups in total. The smallest absolute Gasteiger partial charge is 0.318 e. The summed E-state index contributed by atoms with van der Waals surface area (Å²) < 4.78 is 5.41. The largest absolute Gasteiger partial charge is 0.465 e. The second kappa shape index (κ2) is 6.40. The molecule has 2 atom stereocenters. The van der Waals surface area contributed by atoms with E-state index in [1.165, 1.54) is 0 Å². The van der Waals surface area contributed by atoms with E-state index in [9.17, 15) is 4.79 Å². The first-order valence-corrected chi connectivity index (χ1v) is 7.67. The van der Waals surface area contributed by atoms with E-state index in [1.54, 1.807) is 0 Å². The Hall–Kier alpha value is -1.35. The number of likely N-dealkylation sites (N-methyl/N-ethyl adjacent to an activating group) is 1. The van der Waals surface area contributed by atoms with Crippen LogP contribution in [0, 0.1) is 0 Å². The van der Waals surface area contributed by atoms with Crippen LogP contribution in [0.3, 0.4) is 0 Å². The van der Waals surface area contributed by atoms with Crippen molar-refractivity contribution in [2.75, 3.05) is 19.7 Å². The Morgan fingerprint density at radius 2 is 1.90 bits per heavy atom. The number of benzene rings is 1. The maximum Gasteiger partial charge on any atom is 0.318 e. The molecule has 0 saturated heterocycles. The fourth-order valence-corrected chi connectivity index (χ4v) is 3.41. The van der Waals surface area contributed by atoms with Crippen LogP contribution < -0.4 is 0 Å². The van der Waals surface area contributed by atoms with Gasteiger partial charge in [0.2, 0.25) is 0 Å².